The molecule has 0 amide bonds. The molecule has 0 aliphatic heterocycles. The summed E-state index contributed by atoms with van der Waals surface area (Å²) in [6.07, 6.45) is 0. The fraction of sp³-hybridized carbons (Fsp3) is 0.118. The van der Waals surface area contributed by atoms with E-state index in [9.17, 15) is 4.79 Å². The molecule has 20 heavy (non-hydrogen) atoms. The van der Waals surface area contributed by atoms with Gasteiger partial charge in [-0.05, 0) is 38.1 Å². The number of hydrogen-bond acceptors (Lipinski definition) is 2. The molecule has 1 heterocycles. The summed E-state index contributed by atoms with van der Waals surface area (Å²) in [5.74, 6) is 0.349. The maximum atomic E-state index is 12.6. The molecule has 3 aromatic rings. The van der Waals surface area contributed by atoms with E-state index in [-0.39, 0.29) is 5.78 Å². The van der Waals surface area contributed by atoms with E-state index in [0.29, 0.717) is 11.3 Å². The molecule has 0 aliphatic rings. The molecule has 3 heteroatoms. The first-order chi connectivity index (χ1) is 9.56. The molecule has 1 aromatic heterocycles. The van der Waals surface area contributed by atoms with Crippen LogP contribution in [0.3, 0.4) is 0 Å². The van der Waals surface area contributed by atoms with Crippen LogP contribution in [0, 0.1) is 13.8 Å². The van der Waals surface area contributed by atoms with E-state index in [2.05, 4.69) is 15.9 Å². The van der Waals surface area contributed by atoms with Crippen molar-refractivity contribution in [2.45, 2.75) is 13.8 Å². The SMILES string of the molecule is Cc1cccc(C(=O)c2oc3cc(Br)ccc3c2C)c1. The lowest BCUT2D eigenvalue weighted by molar-refractivity contribution is 0.101. The highest BCUT2D eigenvalue weighted by molar-refractivity contribution is 9.10. The van der Waals surface area contributed by atoms with Crippen molar-refractivity contribution in [1.82, 2.24) is 0 Å². The van der Waals surface area contributed by atoms with Crippen molar-refractivity contribution in [3.05, 3.63) is 69.4 Å². The van der Waals surface area contributed by atoms with E-state index in [1.807, 2.05) is 56.3 Å². The van der Waals surface area contributed by atoms with Gasteiger partial charge in [0.05, 0.1) is 0 Å². The average Bonchev–Trinajstić information content (AvgIpc) is 2.74. The summed E-state index contributed by atoms with van der Waals surface area (Å²) in [7, 11) is 0. The predicted molar refractivity (Wildman–Crippen MR) is 83.3 cm³/mol. The molecule has 0 unspecified atom stereocenters. The van der Waals surface area contributed by atoms with Gasteiger partial charge in [-0.25, -0.2) is 0 Å². The lowest BCUT2D eigenvalue weighted by atomic mass is 10.0. The molecule has 2 nitrogen and oxygen atoms in total. The van der Waals surface area contributed by atoms with Gasteiger partial charge in [0, 0.05) is 21.0 Å². The number of aryl methyl sites for hydroxylation is 2. The van der Waals surface area contributed by atoms with Crippen molar-refractivity contribution in [2.24, 2.45) is 0 Å². The van der Waals surface area contributed by atoms with Crippen LogP contribution in [0.25, 0.3) is 11.0 Å². The average molecular weight is 329 g/mol. The minimum Gasteiger partial charge on any atom is -0.452 e. The number of furan rings is 1. The van der Waals surface area contributed by atoms with Crippen molar-refractivity contribution in [3.8, 4) is 0 Å². The lowest BCUT2D eigenvalue weighted by Gasteiger charge is -2.00. The molecule has 100 valence electrons. The fourth-order valence-electron chi connectivity index (χ4n) is 2.33. The number of hydrogen-bond donors (Lipinski definition) is 0. The molecule has 0 radical (unpaired) electrons. The van der Waals surface area contributed by atoms with Crippen LogP contribution in [0.2, 0.25) is 0 Å². The van der Waals surface area contributed by atoms with E-state index in [4.69, 9.17) is 4.42 Å². The van der Waals surface area contributed by atoms with Gasteiger partial charge in [-0.15, -0.1) is 0 Å². The summed E-state index contributed by atoms with van der Waals surface area (Å²) in [5, 5.41) is 0.976. The molecular weight excluding hydrogens is 316 g/mol. The Morgan fingerprint density at radius 3 is 2.65 bits per heavy atom. The van der Waals surface area contributed by atoms with E-state index < -0.39 is 0 Å². The minimum atomic E-state index is -0.0708. The second-order valence-electron chi connectivity index (χ2n) is 4.90. The number of halogens is 1. The van der Waals surface area contributed by atoms with Crippen LogP contribution in [-0.4, -0.2) is 5.78 Å². The summed E-state index contributed by atoms with van der Waals surface area (Å²) in [6, 6.07) is 13.4. The summed E-state index contributed by atoms with van der Waals surface area (Å²) >= 11 is 3.41. The van der Waals surface area contributed by atoms with Crippen LogP contribution in [0.15, 0.2) is 51.4 Å². The van der Waals surface area contributed by atoms with Crippen LogP contribution in [0.1, 0.15) is 27.2 Å². The third kappa shape index (κ3) is 2.18. The van der Waals surface area contributed by atoms with Gasteiger partial charge in [0.2, 0.25) is 5.78 Å². The molecule has 0 spiro atoms. The maximum Gasteiger partial charge on any atom is 0.228 e. The minimum absolute atomic E-state index is 0.0708. The van der Waals surface area contributed by atoms with Crippen LogP contribution in [0.5, 0.6) is 0 Å². The Hall–Kier alpha value is -1.87. The van der Waals surface area contributed by atoms with Gasteiger partial charge in [0.1, 0.15) is 5.58 Å². The highest BCUT2D eigenvalue weighted by Crippen LogP contribution is 2.29. The largest absolute Gasteiger partial charge is 0.452 e. The Kier molecular flexibility index (Phi) is 3.22. The van der Waals surface area contributed by atoms with Gasteiger partial charge in [-0.3, -0.25) is 4.79 Å². The number of fused-ring (bicyclic) bond motifs is 1. The highest BCUT2D eigenvalue weighted by atomic mass is 79.9. The van der Waals surface area contributed by atoms with Crippen LogP contribution in [0.4, 0.5) is 0 Å². The van der Waals surface area contributed by atoms with Gasteiger partial charge < -0.3 is 4.42 Å². The van der Waals surface area contributed by atoms with Gasteiger partial charge >= 0.3 is 0 Å². The number of carbonyl (C=O) groups is 1. The van der Waals surface area contributed by atoms with Crippen molar-refractivity contribution < 1.29 is 9.21 Å². The molecule has 0 saturated carbocycles. The Morgan fingerprint density at radius 1 is 1.10 bits per heavy atom. The monoisotopic (exact) mass is 328 g/mol. The number of benzene rings is 2. The molecule has 3 rings (SSSR count). The van der Waals surface area contributed by atoms with E-state index >= 15 is 0 Å². The molecule has 0 saturated heterocycles. The first-order valence-electron chi connectivity index (χ1n) is 6.36. The van der Waals surface area contributed by atoms with E-state index in [1.165, 1.54) is 0 Å². The Balaban J connectivity index is 2.14. The quantitative estimate of drug-likeness (QED) is 0.616. The second-order valence-corrected chi connectivity index (χ2v) is 5.81. The summed E-state index contributed by atoms with van der Waals surface area (Å²) < 4.78 is 6.69. The van der Waals surface area contributed by atoms with Crippen molar-refractivity contribution in [1.29, 1.82) is 0 Å². The number of carbonyl (C=O) groups excluding carboxylic acids is 1. The van der Waals surface area contributed by atoms with Crippen LogP contribution >= 0.6 is 15.9 Å². The van der Waals surface area contributed by atoms with Crippen molar-refractivity contribution in [3.63, 3.8) is 0 Å². The maximum absolute atomic E-state index is 12.6. The van der Waals surface area contributed by atoms with Gasteiger partial charge in [-0.1, -0.05) is 39.7 Å². The summed E-state index contributed by atoms with van der Waals surface area (Å²) in [5.41, 5.74) is 3.34. The summed E-state index contributed by atoms with van der Waals surface area (Å²) in [4.78, 5) is 12.6. The zero-order valence-corrected chi connectivity index (χ0v) is 12.8. The normalized spacial score (nSPS) is 10.9. The van der Waals surface area contributed by atoms with Crippen LogP contribution in [-0.2, 0) is 0 Å². The third-order valence-electron chi connectivity index (χ3n) is 3.39. The lowest BCUT2D eigenvalue weighted by Crippen LogP contribution is -2.01. The van der Waals surface area contributed by atoms with Crippen molar-refractivity contribution in [2.75, 3.05) is 0 Å². The van der Waals surface area contributed by atoms with E-state index in [0.717, 1.165) is 26.6 Å². The highest BCUT2D eigenvalue weighted by Gasteiger charge is 2.19. The first-order valence-corrected chi connectivity index (χ1v) is 7.15. The Bertz CT molecular complexity index is 815. The standard InChI is InChI=1S/C17H13BrO2/c1-10-4-3-5-12(8-10)16(19)17-11(2)14-7-6-13(18)9-15(14)20-17/h3-9H,1-2H3. The second kappa shape index (κ2) is 4.91. The topological polar surface area (TPSA) is 30.2 Å². The summed E-state index contributed by atoms with van der Waals surface area (Å²) in [6.45, 7) is 3.89. The Morgan fingerprint density at radius 2 is 1.90 bits per heavy atom. The molecule has 0 atom stereocenters. The molecule has 2 aromatic carbocycles. The zero-order valence-electron chi connectivity index (χ0n) is 11.2. The van der Waals surface area contributed by atoms with Crippen molar-refractivity contribution >= 4 is 32.7 Å². The molecule has 0 fully saturated rings. The smallest absolute Gasteiger partial charge is 0.228 e. The number of rotatable bonds is 2. The van der Waals surface area contributed by atoms with E-state index in [1.54, 1.807) is 0 Å². The first kappa shape index (κ1) is 13.1. The van der Waals surface area contributed by atoms with Gasteiger partial charge in [0.25, 0.3) is 0 Å². The van der Waals surface area contributed by atoms with Crippen LogP contribution < -0.4 is 0 Å². The Labute approximate surface area is 125 Å². The van der Waals surface area contributed by atoms with Gasteiger partial charge in [0.15, 0.2) is 5.76 Å². The fourth-order valence-corrected chi connectivity index (χ4v) is 2.67. The third-order valence-corrected chi connectivity index (χ3v) is 3.88. The zero-order chi connectivity index (χ0) is 14.3. The molecule has 0 bridgehead atoms. The predicted octanol–water partition coefficient (Wildman–Crippen LogP) is 5.04. The molecule has 0 N–H and O–H groups in total. The molecular formula is C17H13BrO2. The van der Waals surface area contributed by atoms with Gasteiger partial charge in [-0.2, -0.15) is 0 Å². The number of ketones is 1. The molecule has 0 aliphatic carbocycles.